The van der Waals surface area contributed by atoms with Gasteiger partial charge in [-0.1, -0.05) is 17.7 Å². The average molecular weight is 695 g/mol. The largest absolute Gasteiger partial charge is 0.419 e. The van der Waals surface area contributed by atoms with Crippen molar-refractivity contribution in [2.75, 3.05) is 22.6 Å². The van der Waals surface area contributed by atoms with Gasteiger partial charge in [-0.3, -0.25) is 14.4 Å². The van der Waals surface area contributed by atoms with Gasteiger partial charge >= 0.3 is 6.18 Å². The van der Waals surface area contributed by atoms with Gasteiger partial charge in [0.2, 0.25) is 5.91 Å². The van der Waals surface area contributed by atoms with Gasteiger partial charge in [-0.15, -0.1) is 23.2 Å². The molecule has 0 radical (unpaired) electrons. The number of halogens is 9. The maximum absolute atomic E-state index is 15.2. The molecule has 0 unspecified atom stereocenters. The lowest BCUT2D eigenvalue weighted by Crippen LogP contribution is -2.28. The molecule has 3 aromatic carbocycles. The molecule has 7 nitrogen and oxygen atoms in total. The maximum atomic E-state index is 15.2. The number of carbonyl (C=O) groups is 3. The molecule has 2 aliphatic rings. The number of hydrogen-bond acceptors (Lipinski definition) is 4. The molecule has 3 N–H and O–H groups in total. The van der Waals surface area contributed by atoms with E-state index in [2.05, 4.69) is 16.0 Å². The van der Waals surface area contributed by atoms with Crippen LogP contribution in [0.4, 0.5) is 43.4 Å². The topological polar surface area (TPSA) is 96.5 Å². The van der Waals surface area contributed by atoms with Gasteiger partial charge < -0.3 is 20.7 Å². The molecule has 3 atom stereocenters. The predicted octanol–water partition coefficient (Wildman–Crippen LogP) is 7.67. The van der Waals surface area contributed by atoms with E-state index < -0.39 is 80.6 Å². The number of rotatable bonds is 7. The molecule has 1 heterocycles. The Balaban J connectivity index is 1.31. The molecule has 16 heteroatoms. The minimum Gasteiger partial charge on any atom is -0.368 e. The predicted molar refractivity (Wildman–Crippen MR) is 154 cm³/mol. The molecule has 45 heavy (non-hydrogen) atoms. The lowest BCUT2D eigenvalue weighted by atomic mass is 10.0. The number of carbonyl (C=O) groups excluding carboxylic acids is 3. The van der Waals surface area contributed by atoms with Crippen LogP contribution in [0, 0.1) is 23.4 Å². The monoisotopic (exact) mass is 693 g/mol. The van der Waals surface area contributed by atoms with Gasteiger partial charge in [-0.05, 0) is 60.9 Å². The molecule has 2 fully saturated rings. The first-order chi connectivity index (χ1) is 21.1. The number of hydrogen-bond donors (Lipinski definition) is 3. The third-order valence-electron chi connectivity index (χ3n) is 7.28. The number of amides is 3. The van der Waals surface area contributed by atoms with E-state index in [1.54, 1.807) is 0 Å². The highest BCUT2D eigenvalue weighted by atomic mass is 35.5. The van der Waals surface area contributed by atoms with E-state index in [-0.39, 0.29) is 21.8 Å². The first kappa shape index (κ1) is 32.9. The third-order valence-corrected chi connectivity index (χ3v) is 8.55. The maximum Gasteiger partial charge on any atom is 0.419 e. The van der Waals surface area contributed by atoms with Crippen molar-refractivity contribution in [2.45, 2.75) is 35.4 Å². The zero-order valence-corrected chi connectivity index (χ0v) is 24.8. The summed E-state index contributed by atoms with van der Waals surface area (Å²) in [5.41, 5.74) is -3.22. The second-order valence-electron chi connectivity index (χ2n) is 10.3. The minimum atomic E-state index is -4.99. The fourth-order valence-corrected chi connectivity index (χ4v) is 5.99. The molecule has 1 saturated carbocycles. The van der Waals surface area contributed by atoms with Gasteiger partial charge in [0.05, 0.1) is 27.8 Å². The van der Waals surface area contributed by atoms with E-state index in [4.69, 9.17) is 39.5 Å². The highest BCUT2D eigenvalue weighted by Gasteiger charge is 2.67. The number of nitrogens with one attached hydrogen (secondary N) is 3. The van der Waals surface area contributed by atoms with Gasteiger partial charge in [-0.25, -0.2) is 13.2 Å². The summed E-state index contributed by atoms with van der Waals surface area (Å²) in [6.07, 6.45) is -4.89. The Kier molecular flexibility index (Phi) is 9.02. The Morgan fingerprint density at radius 1 is 0.889 bits per heavy atom. The molecule has 3 amide bonds. The number of alkyl halides is 5. The number of anilines is 3. The fraction of sp³-hybridized carbons (Fsp3) is 0.276. The van der Waals surface area contributed by atoms with Crippen LogP contribution in [0.15, 0.2) is 48.5 Å². The lowest BCUT2D eigenvalue weighted by Gasteiger charge is -2.15. The van der Waals surface area contributed by atoms with Crippen LogP contribution in [-0.4, -0.2) is 34.8 Å². The SMILES string of the molecule is O=C(Nc1ccc(F)c(NC(=O)[C@H]2CCCO2)c1F)c1cc(NC(=O)[C@H]2[C@H](c3ccc(F)c(C(F)(F)F)c3)C2(Cl)Cl)ccc1Cl. The summed E-state index contributed by atoms with van der Waals surface area (Å²) in [6.45, 7) is 0.330. The van der Waals surface area contributed by atoms with E-state index in [1.165, 1.54) is 12.1 Å². The second kappa shape index (κ2) is 12.3. The highest BCUT2D eigenvalue weighted by molar-refractivity contribution is 6.53. The first-order valence-corrected chi connectivity index (χ1v) is 14.3. The van der Waals surface area contributed by atoms with Gasteiger partial charge in [-0.2, -0.15) is 13.2 Å². The quantitative estimate of drug-likeness (QED) is 0.175. The molecule has 238 valence electrons. The summed E-state index contributed by atoms with van der Waals surface area (Å²) < 4.78 is 86.3. The molecule has 0 bridgehead atoms. The first-order valence-electron chi connectivity index (χ1n) is 13.2. The van der Waals surface area contributed by atoms with Crippen molar-refractivity contribution in [3.8, 4) is 0 Å². The van der Waals surface area contributed by atoms with Crippen molar-refractivity contribution in [3.63, 3.8) is 0 Å². The van der Waals surface area contributed by atoms with Crippen molar-refractivity contribution < 1.29 is 45.5 Å². The standard InChI is InChI=1S/C29H20Cl3F6N3O4/c30-16-5-4-13(39-27(44)22-21(28(22,31)32)12-3-6-17(33)15(10-12)29(36,37)38)11-14(16)25(42)40-19-8-7-18(34)24(23(19)35)41-26(43)20-2-1-9-45-20/h3-8,10-11,20-22H,1-2,9H2,(H,39,44)(H,40,42)(H,41,43)/t20-,21+,22-/m1/s1. The smallest absolute Gasteiger partial charge is 0.368 e. The van der Waals surface area contributed by atoms with Gasteiger partial charge in [0, 0.05) is 18.2 Å². The van der Waals surface area contributed by atoms with Crippen molar-refractivity contribution >= 4 is 69.6 Å². The van der Waals surface area contributed by atoms with Crippen LogP contribution < -0.4 is 16.0 Å². The Morgan fingerprint density at radius 2 is 1.60 bits per heavy atom. The van der Waals surface area contributed by atoms with Crippen LogP contribution in [0.2, 0.25) is 5.02 Å². The van der Waals surface area contributed by atoms with Crippen molar-refractivity contribution in [3.05, 3.63) is 87.7 Å². The fourth-order valence-electron chi connectivity index (χ4n) is 4.96. The summed E-state index contributed by atoms with van der Waals surface area (Å²) in [4.78, 5) is 38.4. The molecule has 0 aromatic heterocycles. The van der Waals surface area contributed by atoms with Gasteiger partial charge in [0.15, 0.2) is 5.82 Å². The molecule has 0 spiro atoms. The van der Waals surface area contributed by atoms with E-state index in [9.17, 15) is 36.3 Å². The van der Waals surface area contributed by atoms with E-state index in [0.29, 0.717) is 31.6 Å². The summed E-state index contributed by atoms with van der Waals surface area (Å²) in [7, 11) is 0. The van der Waals surface area contributed by atoms with Crippen molar-refractivity contribution in [2.24, 2.45) is 5.92 Å². The lowest BCUT2D eigenvalue weighted by molar-refractivity contribution is -0.140. The molecule has 1 saturated heterocycles. The van der Waals surface area contributed by atoms with Crippen LogP contribution in [0.3, 0.4) is 0 Å². The summed E-state index contributed by atoms with van der Waals surface area (Å²) in [5, 5.41) is 6.69. The van der Waals surface area contributed by atoms with Crippen LogP contribution in [0.25, 0.3) is 0 Å². The zero-order valence-electron chi connectivity index (χ0n) is 22.5. The molecular weight excluding hydrogens is 675 g/mol. The average Bonchev–Trinajstić information content (AvgIpc) is 3.27. The second-order valence-corrected chi connectivity index (χ2v) is 12.1. The Labute approximate surface area is 266 Å². The van der Waals surface area contributed by atoms with Gasteiger partial charge in [0.1, 0.15) is 27.8 Å². The summed E-state index contributed by atoms with van der Waals surface area (Å²) in [5.74, 6) is -8.80. The van der Waals surface area contributed by atoms with E-state index in [1.807, 2.05) is 0 Å². The third kappa shape index (κ3) is 6.71. The van der Waals surface area contributed by atoms with Crippen LogP contribution in [0.1, 0.15) is 40.2 Å². The van der Waals surface area contributed by atoms with Crippen molar-refractivity contribution in [1.29, 1.82) is 0 Å². The minimum absolute atomic E-state index is 0.0106. The Hall–Kier alpha value is -3.52. The normalized spacial score (nSPS) is 20.4. The molecule has 5 rings (SSSR count). The van der Waals surface area contributed by atoms with Crippen LogP contribution in [0.5, 0.6) is 0 Å². The number of benzene rings is 3. The summed E-state index contributed by atoms with van der Waals surface area (Å²) >= 11 is 18.6. The Morgan fingerprint density at radius 3 is 2.27 bits per heavy atom. The van der Waals surface area contributed by atoms with E-state index >= 15 is 4.39 Å². The molecule has 1 aliphatic carbocycles. The number of ether oxygens (including phenoxy) is 1. The molecule has 3 aromatic rings. The van der Waals surface area contributed by atoms with Crippen LogP contribution >= 0.6 is 34.8 Å². The van der Waals surface area contributed by atoms with Gasteiger partial charge in [0.25, 0.3) is 11.8 Å². The highest BCUT2D eigenvalue weighted by Crippen LogP contribution is 2.65. The zero-order chi connectivity index (χ0) is 32.8. The van der Waals surface area contributed by atoms with Crippen molar-refractivity contribution in [1.82, 2.24) is 0 Å². The van der Waals surface area contributed by atoms with Crippen LogP contribution in [-0.2, 0) is 20.5 Å². The molecular formula is C29H20Cl3F6N3O4. The Bertz CT molecular complexity index is 1700. The molecule has 1 aliphatic heterocycles. The van der Waals surface area contributed by atoms with E-state index in [0.717, 1.165) is 24.3 Å². The summed E-state index contributed by atoms with van der Waals surface area (Å²) in [6, 6.07) is 7.59.